The predicted molar refractivity (Wildman–Crippen MR) is 93.9 cm³/mol. The molecule has 1 fully saturated rings. The molecule has 1 atom stereocenters. The zero-order valence-corrected chi connectivity index (χ0v) is 13.8. The fourth-order valence-corrected chi connectivity index (χ4v) is 3.10. The SMILES string of the molecule is OC(CNC1CCN(c2ccc(Cl)cc2)CC1)c1ccncc1. The molecule has 4 nitrogen and oxygen atoms in total. The van der Waals surface area contributed by atoms with Gasteiger partial charge in [-0.15, -0.1) is 0 Å². The largest absolute Gasteiger partial charge is 0.387 e. The van der Waals surface area contributed by atoms with Crippen molar-refractivity contribution in [2.24, 2.45) is 0 Å². The Hall–Kier alpha value is -1.62. The molecular weight excluding hydrogens is 310 g/mol. The normalized spacial score (nSPS) is 17.2. The van der Waals surface area contributed by atoms with E-state index in [1.165, 1.54) is 5.69 Å². The first-order chi connectivity index (χ1) is 11.2. The average molecular weight is 332 g/mol. The summed E-state index contributed by atoms with van der Waals surface area (Å²) in [6, 6.07) is 12.2. The van der Waals surface area contributed by atoms with Crippen molar-refractivity contribution in [2.75, 3.05) is 24.5 Å². The number of pyridine rings is 1. The van der Waals surface area contributed by atoms with Crippen LogP contribution in [0.4, 0.5) is 5.69 Å². The summed E-state index contributed by atoms with van der Waals surface area (Å²) in [4.78, 5) is 6.36. The minimum absolute atomic E-state index is 0.454. The number of aromatic nitrogens is 1. The van der Waals surface area contributed by atoms with Crippen molar-refractivity contribution in [3.8, 4) is 0 Å². The van der Waals surface area contributed by atoms with Crippen molar-refractivity contribution in [3.05, 3.63) is 59.4 Å². The average Bonchev–Trinajstić information content (AvgIpc) is 2.61. The van der Waals surface area contributed by atoms with E-state index >= 15 is 0 Å². The van der Waals surface area contributed by atoms with Gasteiger partial charge in [0.05, 0.1) is 6.10 Å². The summed E-state index contributed by atoms with van der Waals surface area (Å²) in [6.45, 7) is 2.62. The zero-order valence-electron chi connectivity index (χ0n) is 13.0. The summed E-state index contributed by atoms with van der Waals surface area (Å²) in [5.74, 6) is 0. The molecule has 3 rings (SSSR count). The van der Waals surface area contributed by atoms with E-state index in [9.17, 15) is 5.11 Å². The summed E-state index contributed by atoms with van der Waals surface area (Å²) < 4.78 is 0. The molecule has 1 aromatic heterocycles. The van der Waals surface area contributed by atoms with Crippen LogP contribution in [0.3, 0.4) is 0 Å². The monoisotopic (exact) mass is 331 g/mol. The highest BCUT2D eigenvalue weighted by atomic mass is 35.5. The summed E-state index contributed by atoms with van der Waals surface area (Å²) in [6.07, 6.45) is 5.09. The highest BCUT2D eigenvalue weighted by molar-refractivity contribution is 6.30. The van der Waals surface area contributed by atoms with E-state index in [-0.39, 0.29) is 0 Å². The van der Waals surface area contributed by atoms with Gasteiger partial charge < -0.3 is 15.3 Å². The minimum atomic E-state index is -0.479. The third-order valence-corrected chi connectivity index (χ3v) is 4.63. The number of hydrogen-bond donors (Lipinski definition) is 2. The van der Waals surface area contributed by atoms with E-state index in [4.69, 9.17) is 11.6 Å². The summed E-state index contributed by atoms with van der Waals surface area (Å²) in [5.41, 5.74) is 2.13. The van der Waals surface area contributed by atoms with Crippen molar-refractivity contribution < 1.29 is 5.11 Å². The van der Waals surface area contributed by atoms with Gasteiger partial charge in [-0.3, -0.25) is 4.98 Å². The highest BCUT2D eigenvalue weighted by Crippen LogP contribution is 2.22. The fourth-order valence-electron chi connectivity index (χ4n) is 2.98. The first-order valence-electron chi connectivity index (χ1n) is 8.04. The van der Waals surface area contributed by atoms with Crippen LogP contribution in [0, 0.1) is 0 Å². The number of nitrogens with one attached hydrogen (secondary N) is 1. The lowest BCUT2D eigenvalue weighted by Gasteiger charge is -2.34. The predicted octanol–water partition coefficient (Wildman–Crippen LogP) is 3.03. The maximum absolute atomic E-state index is 10.2. The number of piperidine rings is 1. The van der Waals surface area contributed by atoms with E-state index in [1.807, 2.05) is 24.3 Å². The molecule has 2 aromatic rings. The number of anilines is 1. The van der Waals surface area contributed by atoms with Gasteiger partial charge in [-0.05, 0) is 54.8 Å². The van der Waals surface area contributed by atoms with Gasteiger partial charge in [-0.1, -0.05) is 11.6 Å². The molecule has 0 spiro atoms. The van der Waals surface area contributed by atoms with Crippen LogP contribution in [0.25, 0.3) is 0 Å². The van der Waals surface area contributed by atoms with Crippen LogP contribution < -0.4 is 10.2 Å². The van der Waals surface area contributed by atoms with E-state index in [0.717, 1.165) is 36.5 Å². The molecule has 1 saturated heterocycles. The van der Waals surface area contributed by atoms with Gasteiger partial charge in [0.15, 0.2) is 0 Å². The molecular formula is C18H22ClN3O. The quantitative estimate of drug-likeness (QED) is 0.884. The third kappa shape index (κ3) is 4.44. The molecule has 0 amide bonds. The summed E-state index contributed by atoms with van der Waals surface area (Å²) >= 11 is 5.94. The Morgan fingerprint density at radius 1 is 1.13 bits per heavy atom. The first kappa shape index (κ1) is 16.2. The lowest BCUT2D eigenvalue weighted by atomic mass is 10.0. The van der Waals surface area contributed by atoms with E-state index in [0.29, 0.717) is 12.6 Å². The molecule has 0 aliphatic carbocycles. The third-order valence-electron chi connectivity index (χ3n) is 4.38. The Kier molecular flexibility index (Phi) is 5.49. The van der Waals surface area contributed by atoms with Crippen molar-refractivity contribution >= 4 is 17.3 Å². The van der Waals surface area contributed by atoms with Crippen LogP contribution in [-0.4, -0.2) is 35.8 Å². The van der Waals surface area contributed by atoms with Gasteiger partial charge in [-0.2, -0.15) is 0 Å². The molecule has 0 saturated carbocycles. The Morgan fingerprint density at radius 3 is 2.43 bits per heavy atom. The number of halogens is 1. The van der Waals surface area contributed by atoms with E-state index in [1.54, 1.807) is 12.4 Å². The van der Waals surface area contributed by atoms with Crippen LogP contribution in [0.15, 0.2) is 48.8 Å². The van der Waals surface area contributed by atoms with Crippen LogP contribution in [0.1, 0.15) is 24.5 Å². The lowest BCUT2D eigenvalue weighted by molar-refractivity contribution is 0.167. The second-order valence-corrected chi connectivity index (χ2v) is 6.38. The molecule has 1 aromatic carbocycles. The fraction of sp³-hybridized carbons (Fsp3) is 0.389. The first-order valence-corrected chi connectivity index (χ1v) is 8.42. The Bertz CT molecular complexity index is 597. The van der Waals surface area contributed by atoms with Gasteiger partial charge in [0.1, 0.15) is 0 Å². The van der Waals surface area contributed by atoms with Gasteiger partial charge in [0, 0.05) is 48.8 Å². The molecule has 2 heterocycles. The van der Waals surface area contributed by atoms with Crippen molar-refractivity contribution in [3.63, 3.8) is 0 Å². The summed E-state index contributed by atoms with van der Waals surface area (Å²) in [5, 5.41) is 14.5. The van der Waals surface area contributed by atoms with E-state index in [2.05, 4.69) is 27.3 Å². The van der Waals surface area contributed by atoms with Gasteiger partial charge >= 0.3 is 0 Å². The van der Waals surface area contributed by atoms with Gasteiger partial charge in [-0.25, -0.2) is 0 Å². The van der Waals surface area contributed by atoms with Crippen LogP contribution >= 0.6 is 11.6 Å². The van der Waals surface area contributed by atoms with Gasteiger partial charge in [0.25, 0.3) is 0 Å². The van der Waals surface area contributed by atoms with Crippen molar-refractivity contribution in [2.45, 2.75) is 25.0 Å². The Morgan fingerprint density at radius 2 is 1.78 bits per heavy atom. The number of rotatable bonds is 5. The number of aliphatic hydroxyl groups is 1. The topological polar surface area (TPSA) is 48.4 Å². The van der Waals surface area contributed by atoms with Crippen molar-refractivity contribution in [1.29, 1.82) is 0 Å². The maximum Gasteiger partial charge on any atom is 0.0915 e. The minimum Gasteiger partial charge on any atom is -0.387 e. The second-order valence-electron chi connectivity index (χ2n) is 5.94. The van der Waals surface area contributed by atoms with Gasteiger partial charge in [0.2, 0.25) is 0 Å². The molecule has 1 aliphatic rings. The molecule has 122 valence electrons. The molecule has 5 heteroatoms. The molecule has 23 heavy (non-hydrogen) atoms. The molecule has 0 radical (unpaired) electrons. The van der Waals surface area contributed by atoms with E-state index < -0.39 is 6.10 Å². The van der Waals surface area contributed by atoms with Crippen LogP contribution in [-0.2, 0) is 0 Å². The van der Waals surface area contributed by atoms with Crippen LogP contribution in [0.5, 0.6) is 0 Å². The van der Waals surface area contributed by atoms with Crippen LogP contribution in [0.2, 0.25) is 5.02 Å². The Balaban J connectivity index is 1.45. The smallest absolute Gasteiger partial charge is 0.0915 e. The highest BCUT2D eigenvalue weighted by Gasteiger charge is 2.20. The molecule has 1 unspecified atom stereocenters. The lowest BCUT2D eigenvalue weighted by Crippen LogP contribution is -2.43. The number of benzene rings is 1. The second kappa shape index (κ2) is 7.77. The maximum atomic E-state index is 10.2. The number of hydrogen-bond acceptors (Lipinski definition) is 4. The molecule has 2 N–H and O–H groups in total. The molecule has 0 bridgehead atoms. The number of nitrogens with zero attached hydrogens (tertiary/aromatic N) is 2. The zero-order chi connectivity index (χ0) is 16.1. The van der Waals surface area contributed by atoms with Crippen molar-refractivity contribution in [1.82, 2.24) is 10.3 Å². The summed E-state index contributed by atoms with van der Waals surface area (Å²) in [7, 11) is 0. The Labute approximate surface area is 142 Å². The molecule has 1 aliphatic heterocycles. The number of aliphatic hydroxyl groups excluding tert-OH is 1. The standard InChI is InChI=1S/C18H22ClN3O/c19-15-1-3-17(4-2-15)22-11-7-16(8-12-22)21-13-18(23)14-5-9-20-10-6-14/h1-6,9-10,16,18,21,23H,7-8,11-13H2.